The van der Waals surface area contributed by atoms with E-state index in [2.05, 4.69) is 20.8 Å². The number of nitrogens with zero attached hydrogens (tertiary/aromatic N) is 4. The Hall–Kier alpha value is -3.20. The summed E-state index contributed by atoms with van der Waals surface area (Å²) in [5.74, 6) is -1.64. The maximum absolute atomic E-state index is 12.6. The predicted molar refractivity (Wildman–Crippen MR) is 99.0 cm³/mol. The second-order valence-electron chi connectivity index (χ2n) is 5.71. The topological polar surface area (TPSA) is 110 Å². The van der Waals surface area contributed by atoms with Gasteiger partial charge in [-0.2, -0.15) is 0 Å². The van der Waals surface area contributed by atoms with Crippen LogP contribution in [-0.2, 0) is 22.2 Å². The standard InChI is InChI=1S/C18H17N5O3S/c1-23-17(20-21-22-23)27-12-15(24)19-18(16(25)26,13-8-4-2-5-9-13)14-10-6-3-7-11-14/h2-11H,12H2,1H3,(H,19,24)(H,25,26). The number of carbonyl (C=O) groups is 2. The number of hydrogen-bond acceptors (Lipinski definition) is 6. The predicted octanol–water partition coefficient (Wildman–Crippen LogP) is 1.45. The largest absolute Gasteiger partial charge is 0.479 e. The average Bonchev–Trinajstić information content (AvgIpc) is 3.10. The fourth-order valence-electron chi connectivity index (χ4n) is 2.71. The first kappa shape index (κ1) is 18.6. The van der Waals surface area contributed by atoms with Crippen molar-refractivity contribution in [1.29, 1.82) is 0 Å². The first-order valence-electron chi connectivity index (χ1n) is 8.04. The van der Waals surface area contributed by atoms with Crippen molar-refractivity contribution >= 4 is 23.6 Å². The summed E-state index contributed by atoms with van der Waals surface area (Å²) in [7, 11) is 1.66. The summed E-state index contributed by atoms with van der Waals surface area (Å²) in [6.45, 7) is 0. The number of amides is 1. The molecular weight excluding hydrogens is 366 g/mol. The second kappa shape index (κ2) is 8.00. The minimum atomic E-state index is -1.70. The first-order chi connectivity index (χ1) is 13.0. The average molecular weight is 383 g/mol. The van der Waals surface area contributed by atoms with Gasteiger partial charge in [-0.1, -0.05) is 72.4 Å². The summed E-state index contributed by atoms with van der Waals surface area (Å²) >= 11 is 1.13. The van der Waals surface area contributed by atoms with Crippen LogP contribution in [0.3, 0.4) is 0 Å². The Balaban J connectivity index is 1.93. The molecule has 0 unspecified atom stereocenters. The fraction of sp³-hybridized carbons (Fsp3) is 0.167. The number of thioether (sulfide) groups is 1. The summed E-state index contributed by atoms with van der Waals surface area (Å²) in [5, 5.41) is 24.3. The molecule has 0 saturated carbocycles. The first-order valence-corrected chi connectivity index (χ1v) is 9.03. The van der Waals surface area contributed by atoms with Crippen LogP contribution in [0.15, 0.2) is 65.8 Å². The van der Waals surface area contributed by atoms with E-state index >= 15 is 0 Å². The van der Waals surface area contributed by atoms with Crippen molar-refractivity contribution in [3.63, 3.8) is 0 Å². The van der Waals surface area contributed by atoms with Gasteiger partial charge >= 0.3 is 5.97 Å². The highest BCUT2D eigenvalue weighted by Crippen LogP contribution is 2.30. The Morgan fingerprint density at radius 1 is 1.07 bits per heavy atom. The van der Waals surface area contributed by atoms with Gasteiger partial charge in [-0.3, -0.25) is 4.79 Å². The van der Waals surface area contributed by atoms with Crippen LogP contribution >= 0.6 is 11.8 Å². The van der Waals surface area contributed by atoms with Crippen molar-refractivity contribution in [2.24, 2.45) is 7.05 Å². The van der Waals surface area contributed by atoms with Gasteiger partial charge in [0.1, 0.15) is 0 Å². The zero-order valence-electron chi connectivity index (χ0n) is 14.4. The molecule has 0 bridgehead atoms. The highest BCUT2D eigenvalue weighted by molar-refractivity contribution is 7.99. The van der Waals surface area contributed by atoms with Gasteiger partial charge in [0, 0.05) is 7.05 Å². The molecule has 9 heteroatoms. The number of aromatic nitrogens is 4. The number of aliphatic carboxylic acids is 1. The molecule has 0 atom stereocenters. The number of rotatable bonds is 7. The lowest BCUT2D eigenvalue weighted by molar-refractivity contribution is -0.145. The van der Waals surface area contributed by atoms with E-state index in [1.165, 1.54) is 4.68 Å². The van der Waals surface area contributed by atoms with Crippen LogP contribution in [0.25, 0.3) is 0 Å². The molecule has 8 nitrogen and oxygen atoms in total. The number of benzene rings is 2. The molecule has 27 heavy (non-hydrogen) atoms. The van der Waals surface area contributed by atoms with E-state index in [-0.39, 0.29) is 5.75 Å². The lowest BCUT2D eigenvalue weighted by atomic mass is 9.82. The number of hydrogen-bond donors (Lipinski definition) is 2. The molecule has 0 saturated heterocycles. The van der Waals surface area contributed by atoms with E-state index in [4.69, 9.17) is 0 Å². The number of carbonyl (C=O) groups excluding carboxylic acids is 1. The van der Waals surface area contributed by atoms with Gasteiger partial charge in [-0.05, 0) is 21.6 Å². The second-order valence-corrected chi connectivity index (χ2v) is 6.65. The van der Waals surface area contributed by atoms with E-state index in [0.29, 0.717) is 16.3 Å². The van der Waals surface area contributed by atoms with E-state index in [1.807, 2.05) is 0 Å². The van der Waals surface area contributed by atoms with Gasteiger partial charge in [-0.15, -0.1) is 5.10 Å². The zero-order chi connectivity index (χ0) is 19.3. The highest BCUT2D eigenvalue weighted by atomic mass is 32.2. The molecule has 1 aromatic heterocycles. The minimum absolute atomic E-state index is 0.0249. The fourth-order valence-corrected chi connectivity index (χ4v) is 3.36. The third-order valence-electron chi connectivity index (χ3n) is 3.97. The summed E-state index contributed by atoms with van der Waals surface area (Å²) in [4.78, 5) is 25.0. The smallest absolute Gasteiger partial charge is 0.338 e. The van der Waals surface area contributed by atoms with Crippen molar-refractivity contribution in [2.45, 2.75) is 10.7 Å². The maximum atomic E-state index is 12.6. The van der Waals surface area contributed by atoms with Gasteiger partial charge in [-0.25, -0.2) is 9.48 Å². The quantitative estimate of drug-likeness (QED) is 0.594. The SMILES string of the molecule is Cn1nnnc1SCC(=O)NC(C(=O)O)(c1ccccc1)c1ccccc1. The molecule has 3 rings (SSSR count). The van der Waals surface area contributed by atoms with Crippen molar-refractivity contribution in [2.75, 3.05) is 5.75 Å². The normalized spacial score (nSPS) is 11.1. The number of aryl methyl sites for hydroxylation is 1. The molecule has 0 fully saturated rings. The molecule has 0 spiro atoms. The van der Waals surface area contributed by atoms with E-state index in [9.17, 15) is 14.7 Å². The lowest BCUT2D eigenvalue weighted by Gasteiger charge is -2.31. The Morgan fingerprint density at radius 2 is 1.63 bits per heavy atom. The minimum Gasteiger partial charge on any atom is -0.479 e. The van der Waals surface area contributed by atoms with Crippen LogP contribution in [0, 0.1) is 0 Å². The number of carboxylic acids is 1. The highest BCUT2D eigenvalue weighted by Gasteiger charge is 2.43. The Labute approximate surface area is 159 Å². The molecule has 2 N–H and O–H groups in total. The van der Waals surface area contributed by atoms with E-state index in [1.54, 1.807) is 67.7 Å². The summed E-state index contributed by atoms with van der Waals surface area (Å²) in [6, 6.07) is 17.3. The van der Waals surface area contributed by atoms with Gasteiger partial charge < -0.3 is 10.4 Å². The van der Waals surface area contributed by atoms with Crippen LogP contribution in [0.4, 0.5) is 0 Å². The molecule has 1 heterocycles. The van der Waals surface area contributed by atoms with Crippen LogP contribution in [0.5, 0.6) is 0 Å². The van der Waals surface area contributed by atoms with Crippen LogP contribution < -0.4 is 5.32 Å². The lowest BCUT2D eigenvalue weighted by Crippen LogP contribution is -2.53. The molecule has 1 amide bonds. The Kier molecular flexibility index (Phi) is 5.51. The maximum Gasteiger partial charge on any atom is 0.338 e. The van der Waals surface area contributed by atoms with Gasteiger partial charge in [0.05, 0.1) is 5.75 Å². The monoisotopic (exact) mass is 383 g/mol. The van der Waals surface area contributed by atoms with E-state index < -0.39 is 17.4 Å². The molecule has 0 aliphatic carbocycles. The Morgan fingerprint density at radius 3 is 2.07 bits per heavy atom. The van der Waals surface area contributed by atoms with E-state index in [0.717, 1.165) is 11.8 Å². The third kappa shape index (κ3) is 3.82. The summed E-state index contributed by atoms with van der Waals surface area (Å²) in [6.07, 6.45) is 0. The molecular formula is C18H17N5O3S. The van der Waals surface area contributed by atoms with Crippen molar-refractivity contribution in [3.05, 3.63) is 71.8 Å². The molecule has 0 aliphatic rings. The van der Waals surface area contributed by atoms with Gasteiger partial charge in [0.25, 0.3) is 0 Å². The summed E-state index contributed by atoms with van der Waals surface area (Å²) < 4.78 is 1.44. The number of tetrazole rings is 1. The van der Waals surface area contributed by atoms with Crippen molar-refractivity contribution < 1.29 is 14.7 Å². The molecule has 0 radical (unpaired) electrons. The zero-order valence-corrected chi connectivity index (χ0v) is 15.3. The molecule has 2 aromatic carbocycles. The molecule has 138 valence electrons. The van der Waals surface area contributed by atoms with Crippen LogP contribution in [-0.4, -0.2) is 42.9 Å². The molecule has 3 aromatic rings. The van der Waals surface area contributed by atoms with Crippen LogP contribution in [0.1, 0.15) is 11.1 Å². The Bertz CT molecular complexity index is 891. The molecule has 0 aliphatic heterocycles. The number of carboxylic acid groups (broad SMARTS) is 1. The third-order valence-corrected chi connectivity index (χ3v) is 4.99. The van der Waals surface area contributed by atoms with Gasteiger partial charge in [0.15, 0.2) is 5.54 Å². The van der Waals surface area contributed by atoms with Gasteiger partial charge in [0.2, 0.25) is 11.1 Å². The van der Waals surface area contributed by atoms with Crippen molar-refractivity contribution in [3.8, 4) is 0 Å². The van der Waals surface area contributed by atoms with Crippen molar-refractivity contribution in [1.82, 2.24) is 25.5 Å². The summed E-state index contributed by atoms with van der Waals surface area (Å²) in [5.41, 5.74) is -0.775. The number of nitrogens with one attached hydrogen (secondary N) is 1. The van der Waals surface area contributed by atoms with Crippen LogP contribution in [0.2, 0.25) is 0 Å².